The molecule has 0 spiro atoms. The number of hydrogen-bond donors (Lipinski definition) is 1. The van der Waals surface area contributed by atoms with Crippen LogP contribution in [0, 0.1) is 0 Å². The number of anilines is 1. The monoisotopic (exact) mass is 305 g/mol. The van der Waals surface area contributed by atoms with Crippen LogP contribution in [0.2, 0.25) is 5.15 Å². The number of rotatable bonds is 4. The topological polar surface area (TPSA) is 51.0 Å². The number of nitrogens with zero attached hydrogens (tertiary/aromatic N) is 2. The van der Waals surface area contributed by atoms with Crippen molar-refractivity contribution < 1.29 is 17.6 Å². The number of alkyl halides is 3. The van der Waals surface area contributed by atoms with Crippen LogP contribution in [0.4, 0.5) is 19.0 Å². The average molecular weight is 306 g/mol. The van der Waals surface area contributed by atoms with Gasteiger partial charge in [-0.25, -0.2) is 9.97 Å². The second kappa shape index (κ2) is 5.70. The van der Waals surface area contributed by atoms with Gasteiger partial charge in [-0.1, -0.05) is 18.5 Å². The molecule has 108 valence electrons. The van der Waals surface area contributed by atoms with Gasteiger partial charge in [-0.15, -0.1) is 0 Å². The molecule has 1 N–H and O–H groups in total. The van der Waals surface area contributed by atoms with Gasteiger partial charge in [0.05, 0.1) is 18.3 Å². The molecule has 0 aliphatic rings. The van der Waals surface area contributed by atoms with Crippen LogP contribution in [-0.4, -0.2) is 9.97 Å². The smallest absolute Gasteiger partial charge is 0.416 e. The Morgan fingerprint density at radius 1 is 1.35 bits per heavy atom. The zero-order valence-electron chi connectivity index (χ0n) is 10.5. The van der Waals surface area contributed by atoms with Crippen molar-refractivity contribution >= 4 is 17.4 Å². The van der Waals surface area contributed by atoms with Gasteiger partial charge >= 0.3 is 6.18 Å². The Kier molecular flexibility index (Phi) is 4.17. The summed E-state index contributed by atoms with van der Waals surface area (Å²) in [7, 11) is 0. The van der Waals surface area contributed by atoms with Gasteiger partial charge < -0.3 is 9.73 Å². The first-order valence-electron chi connectivity index (χ1n) is 5.80. The van der Waals surface area contributed by atoms with E-state index < -0.39 is 11.7 Å². The van der Waals surface area contributed by atoms with Crippen molar-refractivity contribution in [3.05, 3.63) is 40.7 Å². The summed E-state index contributed by atoms with van der Waals surface area (Å²) in [4.78, 5) is 7.76. The molecule has 0 fully saturated rings. The molecule has 0 saturated carbocycles. The first-order valence-corrected chi connectivity index (χ1v) is 6.18. The summed E-state index contributed by atoms with van der Waals surface area (Å²) in [6.45, 7) is 2.04. The summed E-state index contributed by atoms with van der Waals surface area (Å²) in [6, 6.07) is 1.66. The maximum absolute atomic E-state index is 12.6. The molecule has 0 amide bonds. The SMILES string of the molecule is CCc1cnc(CNc2cc(C(F)(F)F)cc(Cl)n2)o1. The highest BCUT2D eigenvalue weighted by Crippen LogP contribution is 2.31. The average Bonchev–Trinajstić information content (AvgIpc) is 2.82. The fourth-order valence-corrected chi connectivity index (χ4v) is 1.72. The maximum atomic E-state index is 12.6. The third-order valence-electron chi connectivity index (χ3n) is 2.49. The van der Waals surface area contributed by atoms with Gasteiger partial charge in [-0.2, -0.15) is 13.2 Å². The van der Waals surface area contributed by atoms with E-state index in [0.29, 0.717) is 18.1 Å². The Labute approximate surface area is 118 Å². The van der Waals surface area contributed by atoms with Crippen LogP contribution < -0.4 is 5.32 Å². The van der Waals surface area contributed by atoms with Gasteiger partial charge in [0.1, 0.15) is 16.7 Å². The number of oxazole rings is 1. The second-order valence-corrected chi connectivity index (χ2v) is 4.38. The number of halogens is 4. The van der Waals surface area contributed by atoms with Crippen molar-refractivity contribution in [2.24, 2.45) is 0 Å². The van der Waals surface area contributed by atoms with Gasteiger partial charge in [0.15, 0.2) is 0 Å². The Hall–Kier alpha value is -1.76. The second-order valence-electron chi connectivity index (χ2n) is 3.99. The maximum Gasteiger partial charge on any atom is 0.416 e. The number of aryl methyl sites for hydroxylation is 1. The summed E-state index contributed by atoms with van der Waals surface area (Å²) in [5, 5.41) is 2.47. The molecule has 0 aromatic carbocycles. The molecule has 4 nitrogen and oxygen atoms in total. The quantitative estimate of drug-likeness (QED) is 0.870. The van der Waals surface area contributed by atoms with E-state index in [1.54, 1.807) is 6.20 Å². The predicted molar refractivity (Wildman–Crippen MR) is 67.5 cm³/mol. The first kappa shape index (κ1) is 14.6. The summed E-state index contributed by atoms with van der Waals surface area (Å²) in [6.07, 6.45) is -2.20. The lowest BCUT2D eigenvalue weighted by Crippen LogP contribution is -2.08. The summed E-state index contributed by atoms with van der Waals surface area (Å²) >= 11 is 5.57. The lowest BCUT2D eigenvalue weighted by molar-refractivity contribution is -0.137. The van der Waals surface area contributed by atoms with Gasteiger partial charge in [0.25, 0.3) is 0 Å². The first-order chi connectivity index (χ1) is 9.38. The van der Waals surface area contributed by atoms with Crippen molar-refractivity contribution in [3.8, 4) is 0 Å². The molecule has 2 heterocycles. The number of hydrogen-bond acceptors (Lipinski definition) is 4. The fourth-order valence-electron chi connectivity index (χ4n) is 1.51. The van der Waals surface area contributed by atoms with Crippen LogP contribution in [0.15, 0.2) is 22.7 Å². The molecular weight excluding hydrogens is 295 g/mol. The van der Waals surface area contributed by atoms with E-state index in [-0.39, 0.29) is 17.5 Å². The Morgan fingerprint density at radius 3 is 2.70 bits per heavy atom. The molecule has 0 aliphatic heterocycles. The van der Waals surface area contributed by atoms with Gasteiger partial charge in [-0.05, 0) is 12.1 Å². The van der Waals surface area contributed by atoms with E-state index in [1.807, 2.05) is 6.92 Å². The fraction of sp³-hybridized carbons (Fsp3) is 0.333. The van der Waals surface area contributed by atoms with E-state index in [0.717, 1.165) is 12.1 Å². The molecular formula is C12H11ClF3N3O. The molecule has 0 atom stereocenters. The molecule has 2 rings (SSSR count). The van der Waals surface area contributed by atoms with Crippen LogP contribution in [0.5, 0.6) is 0 Å². The van der Waals surface area contributed by atoms with Crippen molar-refractivity contribution in [3.63, 3.8) is 0 Å². The van der Waals surface area contributed by atoms with Crippen LogP contribution >= 0.6 is 11.6 Å². The van der Waals surface area contributed by atoms with Crippen LogP contribution in [-0.2, 0) is 19.1 Å². The predicted octanol–water partition coefficient (Wildman–Crippen LogP) is 3.92. The largest absolute Gasteiger partial charge is 0.444 e. The molecule has 0 aliphatic carbocycles. The number of pyridine rings is 1. The molecule has 0 bridgehead atoms. The molecule has 20 heavy (non-hydrogen) atoms. The Balaban J connectivity index is 2.11. The third kappa shape index (κ3) is 3.63. The summed E-state index contributed by atoms with van der Waals surface area (Å²) < 4.78 is 43.2. The zero-order valence-corrected chi connectivity index (χ0v) is 11.2. The van der Waals surface area contributed by atoms with Crippen molar-refractivity contribution in [2.45, 2.75) is 26.1 Å². The van der Waals surface area contributed by atoms with Crippen LogP contribution in [0.1, 0.15) is 24.1 Å². The highest BCUT2D eigenvalue weighted by Gasteiger charge is 2.31. The molecule has 0 saturated heterocycles. The Bertz CT molecular complexity index is 598. The van der Waals surface area contributed by atoms with Gasteiger partial charge in [0, 0.05) is 6.42 Å². The van der Waals surface area contributed by atoms with Crippen molar-refractivity contribution in [1.82, 2.24) is 9.97 Å². The Morgan fingerprint density at radius 2 is 2.10 bits per heavy atom. The zero-order chi connectivity index (χ0) is 14.8. The number of aromatic nitrogens is 2. The summed E-state index contributed by atoms with van der Waals surface area (Å²) in [5.41, 5.74) is -0.860. The normalized spacial score (nSPS) is 11.7. The molecule has 2 aromatic heterocycles. The van der Waals surface area contributed by atoms with Gasteiger partial charge in [0.2, 0.25) is 5.89 Å². The molecule has 0 radical (unpaired) electrons. The minimum atomic E-state index is -4.47. The van der Waals surface area contributed by atoms with Crippen molar-refractivity contribution in [1.29, 1.82) is 0 Å². The van der Waals surface area contributed by atoms with Crippen LogP contribution in [0.3, 0.4) is 0 Å². The molecule has 0 unspecified atom stereocenters. The highest BCUT2D eigenvalue weighted by atomic mass is 35.5. The minimum absolute atomic E-state index is 0.0149. The van der Waals surface area contributed by atoms with Crippen LogP contribution in [0.25, 0.3) is 0 Å². The van der Waals surface area contributed by atoms with E-state index in [1.165, 1.54) is 0 Å². The molecule has 2 aromatic rings. The number of nitrogens with one attached hydrogen (secondary N) is 1. The standard InChI is InChI=1S/C12H11ClF3N3O/c1-2-8-5-18-11(20-8)6-17-10-4-7(12(14,15)16)3-9(13)19-10/h3-5H,2,6H2,1H3,(H,17,19). The van der Waals surface area contributed by atoms with E-state index >= 15 is 0 Å². The minimum Gasteiger partial charge on any atom is -0.444 e. The summed E-state index contributed by atoms with van der Waals surface area (Å²) in [5.74, 6) is 1.09. The lowest BCUT2D eigenvalue weighted by atomic mass is 10.2. The van der Waals surface area contributed by atoms with E-state index in [2.05, 4.69) is 15.3 Å². The van der Waals surface area contributed by atoms with Gasteiger partial charge in [-0.3, -0.25) is 0 Å². The lowest BCUT2D eigenvalue weighted by Gasteiger charge is -2.09. The van der Waals surface area contributed by atoms with E-state index in [4.69, 9.17) is 16.0 Å². The molecule has 8 heteroatoms. The highest BCUT2D eigenvalue weighted by molar-refractivity contribution is 6.29. The van der Waals surface area contributed by atoms with Crippen molar-refractivity contribution in [2.75, 3.05) is 5.32 Å². The van der Waals surface area contributed by atoms with E-state index in [9.17, 15) is 13.2 Å². The third-order valence-corrected chi connectivity index (χ3v) is 2.69.